The minimum Gasteiger partial charge on any atom is -0.354 e. The third-order valence-electron chi connectivity index (χ3n) is 6.75. The van der Waals surface area contributed by atoms with E-state index in [0.717, 1.165) is 5.56 Å². The molecule has 0 aliphatic rings. The van der Waals surface area contributed by atoms with Gasteiger partial charge in [-0.1, -0.05) is 48.5 Å². The molecule has 0 aliphatic heterocycles. The molecule has 4 atom stereocenters. The van der Waals surface area contributed by atoms with Crippen molar-refractivity contribution in [1.29, 1.82) is 0 Å². The molecule has 242 valence electrons. The van der Waals surface area contributed by atoms with E-state index in [1.54, 1.807) is 31.5 Å². The molecule has 1 rings (SSSR count). The second kappa shape index (κ2) is 19.4. The Hall–Kier alpha value is -3.74. The number of hydrogen-bond donors (Lipinski definition) is 6. The van der Waals surface area contributed by atoms with Gasteiger partial charge >= 0.3 is 6.09 Å². The second-order valence-electron chi connectivity index (χ2n) is 12.1. The van der Waals surface area contributed by atoms with Crippen LogP contribution in [0.15, 0.2) is 24.5 Å². The fraction of sp³-hybridized carbons (Fsp3) is 0.667. The van der Waals surface area contributed by atoms with E-state index < -0.39 is 42.3 Å². The highest BCUT2D eigenvalue weighted by Gasteiger charge is 2.29. The third kappa shape index (κ3) is 15.3. The first-order chi connectivity index (χ1) is 20.2. The maximum Gasteiger partial charge on any atom is 0.439 e. The van der Waals surface area contributed by atoms with Crippen LogP contribution >= 0.6 is 0 Å². The number of carbonyl (C=O) groups excluding carboxylic acids is 5. The smallest absolute Gasteiger partial charge is 0.354 e. The van der Waals surface area contributed by atoms with Crippen LogP contribution in [0, 0.1) is 23.7 Å². The van der Waals surface area contributed by atoms with Crippen LogP contribution in [-0.2, 0) is 30.6 Å². The Bertz CT molecular complexity index is 1040. The summed E-state index contributed by atoms with van der Waals surface area (Å²) in [6, 6.07) is 1.11. The highest BCUT2D eigenvalue weighted by molar-refractivity contribution is 5.91. The quantitative estimate of drug-likeness (QED) is 0.109. The lowest BCUT2D eigenvalue weighted by Crippen LogP contribution is -2.52. The largest absolute Gasteiger partial charge is 0.439 e. The maximum atomic E-state index is 13.2. The molecule has 13 nitrogen and oxygen atoms in total. The molecule has 6 N–H and O–H groups in total. The number of carbonyl (C=O) groups is 5. The Morgan fingerprint density at radius 1 is 0.814 bits per heavy atom. The molecule has 0 radical (unpaired) electrons. The van der Waals surface area contributed by atoms with Crippen molar-refractivity contribution in [2.45, 2.75) is 98.8 Å². The highest BCUT2D eigenvalue weighted by atomic mass is 17.1. The number of nitrogens with one attached hydrogen (secondary N) is 5. The first-order valence-corrected chi connectivity index (χ1v) is 14.9. The van der Waals surface area contributed by atoms with Crippen LogP contribution in [0.25, 0.3) is 0 Å². The molecular weight excluding hydrogens is 556 g/mol. The molecule has 43 heavy (non-hydrogen) atoms. The van der Waals surface area contributed by atoms with Gasteiger partial charge in [0.1, 0.15) is 12.1 Å². The van der Waals surface area contributed by atoms with Gasteiger partial charge in [0.25, 0.3) is 0 Å². The summed E-state index contributed by atoms with van der Waals surface area (Å²) in [5, 5.41) is 22.2. The number of aromatic nitrogens is 1. The number of hydrogen-bond acceptors (Lipinski definition) is 8. The fourth-order valence-corrected chi connectivity index (χ4v) is 4.28. The molecule has 0 aliphatic carbocycles. The van der Waals surface area contributed by atoms with Gasteiger partial charge in [-0.2, -0.15) is 5.26 Å². The first kappa shape index (κ1) is 37.3. The summed E-state index contributed by atoms with van der Waals surface area (Å²) in [6.07, 6.45) is 2.95. The van der Waals surface area contributed by atoms with Gasteiger partial charge < -0.3 is 26.6 Å². The minimum absolute atomic E-state index is 0.103. The van der Waals surface area contributed by atoms with Gasteiger partial charge in [-0.3, -0.25) is 29.0 Å². The van der Waals surface area contributed by atoms with Crippen molar-refractivity contribution < 1.29 is 34.1 Å². The van der Waals surface area contributed by atoms with Gasteiger partial charge in [-0.05, 0) is 54.7 Å². The average Bonchev–Trinajstić information content (AvgIpc) is 2.95. The summed E-state index contributed by atoms with van der Waals surface area (Å²) in [6.45, 7) is 14.2. The van der Waals surface area contributed by atoms with Gasteiger partial charge in [0.2, 0.25) is 23.6 Å². The van der Waals surface area contributed by atoms with E-state index in [1.165, 1.54) is 0 Å². The van der Waals surface area contributed by atoms with E-state index in [9.17, 15) is 24.0 Å². The van der Waals surface area contributed by atoms with Crippen LogP contribution in [0.5, 0.6) is 0 Å². The molecule has 4 unspecified atom stereocenters. The van der Waals surface area contributed by atoms with E-state index in [4.69, 9.17) is 5.26 Å². The number of nitrogens with zero attached hydrogens (tertiary/aromatic N) is 1. The fourth-order valence-electron chi connectivity index (χ4n) is 4.28. The highest BCUT2D eigenvalue weighted by Crippen LogP contribution is 2.16. The van der Waals surface area contributed by atoms with Gasteiger partial charge in [-0.25, -0.2) is 4.79 Å². The Kier molecular flexibility index (Phi) is 16.9. The van der Waals surface area contributed by atoms with E-state index in [1.807, 2.05) is 41.5 Å². The summed E-state index contributed by atoms with van der Waals surface area (Å²) in [4.78, 5) is 70.7. The molecular formula is C30H50N6O7. The lowest BCUT2D eigenvalue weighted by molar-refractivity contribution is -0.178. The Balaban J connectivity index is 2.84. The van der Waals surface area contributed by atoms with Crippen LogP contribution in [0.1, 0.15) is 79.7 Å². The average molecular weight is 607 g/mol. The van der Waals surface area contributed by atoms with Crippen LogP contribution in [0.3, 0.4) is 0 Å². The first-order valence-electron chi connectivity index (χ1n) is 14.9. The molecule has 0 aromatic carbocycles. The molecule has 5 amide bonds. The molecule has 1 aromatic heterocycles. The predicted octanol–water partition coefficient (Wildman–Crippen LogP) is 2.52. The van der Waals surface area contributed by atoms with Crippen LogP contribution in [0.4, 0.5) is 4.79 Å². The molecule has 0 spiro atoms. The summed E-state index contributed by atoms with van der Waals surface area (Å²) < 4.78 is 0. The number of pyridine rings is 1. The van der Waals surface area contributed by atoms with Crippen molar-refractivity contribution in [2.75, 3.05) is 6.54 Å². The molecule has 13 heteroatoms. The summed E-state index contributed by atoms with van der Waals surface area (Å²) >= 11 is 0. The normalized spacial score (nSPS) is 13.9. The Morgan fingerprint density at radius 2 is 1.47 bits per heavy atom. The second-order valence-corrected chi connectivity index (χ2v) is 12.1. The number of rotatable bonds is 18. The van der Waals surface area contributed by atoms with Crippen molar-refractivity contribution >= 4 is 29.7 Å². The lowest BCUT2D eigenvalue weighted by atomic mass is 9.94. The predicted molar refractivity (Wildman–Crippen MR) is 161 cm³/mol. The van der Waals surface area contributed by atoms with Crippen molar-refractivity contribution in [1.82, 2.24) is 31.6 Å². The van der Waals surface area contributed by atoms with Crippen LogP contribution in [0.2, 0.25) is 0 Å². The maximum absolute atomic E-state index is 13.2. The van der Waals surface area contributed by atoms with Crippen molar-refractivity contribution in [2.24, 2.45) is 23.7 Å². The summed E-state index contributed by atoms with van der Waals surface area (Å²) in [5.74, 6) is -1.68. The summed E-state index contributed by atoms with van der Waals surface area (Å²) in [7, 11) is 0. The van der Waals surface area contributed by atoms with Crippen molar-refractivity contribution in [3.63, 3.8) is 0 Å². The molecule has 0 saturated heterocycles. The van der Waals surface area contributed by atoms with Gasteiger partial charge in [0.15, 0.2) is 0 Å². The SMILES string of the molecule is CC(C)CNC(=O)C(NC(=O)C(C)CCC(CC(C)C)NC(=O)C(CC(=O)NCc1ccncc1)NC(=O)OO)C(C)C. The Morgan fingerprint density at radius 3 is 2.02 bits per heavy atom. The van der Waals surface area contributed by atoms with Gasteiger partial charge in [0, 0.05) is 37.4 Å². The molecule has 0 bridgehead atoms. The molecule has 0 fully saturated rings. The van der Waals surface area contributed by atoms with Crippen LogP contribution in [-0.4, -0.2) is 64.6 Å². The Labute approximate surface area is 254 Å². The van der Waals surface area contributed by atoms with E-state index in [0.29, 0.717) is 25.8 Å². The van der Waals surface area contributed by atoms with Gasteiger partial charge in [0.05, 0.1) is 6.42 Å². The molecule has 1 aromatic rings. The van der Waals surface area contributed by atoms with E-state index in [2.05, 4.69) is 36.5 Å². The van der Waals surface area contributed by atoms with E-state index in [-0.39, 0.29) is 42.2 Å². The monoisotopic (exact) mass is 606 g/mol. The van der Waals surface area contributed by atoms with Gasteiger partial charge in [-0.15, -0.1) is 0 Å². The topological polar surface area (TPSA) is 188 Å². The lowest BCUT2D eigenvalue weighted by Gasteiger charge is -2.26. The van der Waals surface area contributed by atoms with Crippen molar-refractivity contribution in [3.8, 4) is 0 Å². The minimum atomic E-state index is -1.32. The van der Waals surface area contributed by atoms with Crippen LogP contribution < -0.4 is 26.6 Å². The number of amides is 5. The standard InChI is InChI=1S/C30H50N6O7/c1-18(2)14-23(9-8-21(7)27(38)36-26(20(5)6)29(40)33-16-19(3)4)34-28(39)24(35-30(41)43-42)15-25(37)32-17-22-10-12-31-13-11-22/h10-13,18-21,23-24,26,42H,8-9,14-17H2,1-7H3,(H,32,37)(H,33,40)(H,34,39)(H,35,41)(H,36,38). The summed E-state index contributed by atoms with van der Waals surface area (Å²) in [5.41, 5.74) is 0.804. The zero-order valence-corrected chi connectivity index (χ0v) is 26.4. The van der Waals surface area contributed by atoms with E-state index >= 15 is 0 Å². The molecule has 0 saturated carbocycles. The zero-order valence-electron chi connectivity index (χ0n) is 26.4. The zero-order chi connectivity index (χ0) is 32.5. The van der Waals surface area contributed by atoms with Crippen molar-refractivity contribution in [3.05, 3.63) is 30.1 Å². The molecule has 1 heterocycles. The third-order valence-corrected chi connectivity index (χ3v) is 6.75.